The van der Waals surface area contributed by atoms with Crippen molar-refractivity contribution in [2.24, 2.45) is 5.92 Å². The lowest BCUT2D eigenvalue weighted by atomic mass is 10.0. The van der Waals surface area contributed by atoms with Crippen LogP contribution in [0.4, 0.5) is 0 Å². The highest BCUT2D eigenvalue weighted by molar-refractivity contribution is 6.22. The number of imide groups is 1. The molecule has 0 saturated carbocycles. The molecule has 0 fully saturated rings. The van der Waals surface area contributed by atoms with Gasteiger partial charge in [-0.3, -0.25) is 14.5 Å². The second-order valence-corrected chi connectivity index (χ2v) is 4.61. The van der Waals surface area contributed by atoms with E-state index < -0.39 is 0 Å². The maximum Gasteiger partial charge on any atom is 0.261 e. The minimum absolute atomic E-state index is 0.146. The number of hydrogen-bond acceptors (Lipinski definition) is 2. The van der Waals surface area contributed by atoms with Crippen LogP contribution in [-0.4, -0.2) is 23.3 Å². The van der Waals surface area contributed by atoms with Gasteiger partial charge >= 0.3 is 0 Å². The summed E-state index contributed by atoms with van der Waals surface area (Å²) in [4.78, 5) is 25.4. The van der Waals surface area contributed by atoms with Gasteiger partial charge in [0.05, 0.1) is 11.1 Å². The highest BCUT2D eigenvalue weighted by atomic mass is 16.2. The Morgan fingerprint density at radius 2 is 1.88 bits per heavy atom. The monoisotopic (exact) mass is 217 g/mol. The maximum absolute atomic E-state index is 12.1. The van der Waals surface area contributed by atoms with Crippen molar-refractivity contribution in [2.75, 3.05) is 6.54 Å². The van der Waals surface area contributed by atoms with Crippen LogP contribution < -0.4 is 0 Å². The summed E-state index contributed by atoms with van der Waals surface area (Å²) < 4.78 is 0. The van der Waals surface area contributed by atoms with Crippen LogP contribution in [0.5, 0.6) is 0 Å². The van der Waals surface area contributed by atoms with Gasteiger partial charge in [-0.2, -0.15) is 0 Å². The first kappa shape index (κ1) is 10.9. The van der Waals surface area contributed by atoms with Gasteiger partial charge in [0.15, 0.2) is 0 Å². The van der Waals surface area contributed by atoms with Gasteiger partial charge in [0.1, 0.15) is 0 Å². The van der Waals surface area contributed by atoms with E-state index in [1.807, 2.05) is 32.9 Å². The quantitative estimate of drug-likeness (QED) is 0.712. The van der Waals surface area contributed by atoms with Gasteiger partial charge in [0, 0.05) is 6.54 Å². The summed E-state index contributed by atoms with van der Waals surface area (Å²) in [5.74, 6) is -0.00767. The Kier molecular flexibility index (Phi) is 2.54. The minimum Gasteiger partial charge on any atom is -0.274 e. The first-order chi connectivity index (χ1) is 7.52. The van der Waals surface area contributed by atoms with E-state index in [0.29, 0.717) is 23.6 Å². The zero-order valence-electron chi connectivity index (χ0n) is 9.78. The number of amides is 2. The fourth-order valence-electron chi connectivity index (χ4n) is 2.03. The van der Waals surface area contributed by atoms with Crippen molar-refractivity contribution in [1.82, 2.24) is 4.90 Å². The molecular formula is C13H15NO2. The van der Waals surface area contributed by atoms with Crippen molar-refractivity contribution in [3.63, 3.8) is 0 Å². The predicted molar refractivity (Wildman–Crippen MR) is 61.4 cm³/mol. The van der Waals surface area contributed by atoms with Crippen LogP contribution >= 0.6 is 0 Å². The molecule has 1 heterocycles. The van der Waals surface area contributed by atoms with E-state index in [0.717, 1.165) is 5.56 Å². The summed E-state index contributed by atoms with van der Waals surface area (Å²) in [5, 5.41) is 0. The van der Waals surface area contributed by atoms with Crippen molar-refractivity contribution in [1.29, 1.82) is 0 Å². The molecule has 16 heavy (non-hydrogen) atoms. The van der Waals surface area contributed by atoms with Crippen LogP contribution in [0.15, 0.2) is 18.2 Å². The van der Waals surface area contributed by atoms with Gasteiger partial charge in [-0.25, -0.2) is 0 Å². The molecule has 0 atom stereocenters. The lowest BCUT2D eigenvalue weighted by Crippen LogP contribution is -2.33. The topological polar surface area (TPSA) is 37.4 Å². The van der Waals surface area contributed by atoms with Gasteiger partial charge in [0.25, 0.3) is 11.8 Å². The average Bonchev–Trinajstić information content (AvgIpc) is 2.44. The fraction of sp³-hybridized carbons (Fsp3) is 0.385. The van der Waals surface area contributed by atoms with Crippen molar-refractivity contribution in [3.8, 4) is 0 Å². The van der Waals surface area contributed by atoms with Crippen LogP contribution in [0.1, 0.15) is 40.1 Å². The van der Waals surface area contributed by atoms with Gasteiger partial charge in [0.2, 0.25) is 0 Å². The van der Waals surface area contributed by atoms with Crippen LogP contribution in [-0.2, 0) is 0 Å². The normalized spacial score (nSPS) is 14.9. The molecule has 1 aromatic carbocycles. The lowest BCUT2D eigenvalue weighted by molar-refractivity contribution is 0.0636. The zero-order valence-corrected chi connectivity index (χ0v) is 9.78. The van der Waals surface area contributed by atoms with Crippen molar-refractivity contribution in [2.45, 2.75) is 20.8 Å². The first-order valence-electron chi connectivity index (χ1n) is 5.48. The molecule has 3 nitrogen and oxygen atoms in total. The Balaban J connectivity index is 2.45. The molecule has 3 heteroatoms. The lowest BCUT2D eigenvalue weighted by Gasteiger charge is -2.15. The van der Waals surface area contributed by atoms with Crippen molar-refractivity contribution >= 4 is 11.8 Å². The van der Waals surface area contributed by atoms with Gasteiger partial charge in [-0.1, -0.05) is 26.0 Å². The molecule has 0 aromatic heterocycles. The molecule has 1 aliphatic heterocycles. The van der Waals surface area contributed by atoms with E-state index in [2.05, 4.69) is 0 Å². The zero-order chi connectivity index (χ0) is 11.9. The van der Waals surface area contributed by atoms with Gasteiger partial charge in [-0.05, 0) is 24.5 Å². The summed E-state index contributed by atoms with van der Waals surface area (Å²) in [6.45, 7) is 6.35. The maximum atomic E-state index is 12.1. The summed E-state index contributed by atoms with van der Waals surface area (Å²) in [6, 6.07) is 5.41. The third kappa shape index (κ3) is 1.52. The molecule has 0 bridgehead atoms. The van der Waals surface area contributed by atoms with Crippen LogP contribution in [0.25, 0.3) is 0 Å². The molecule has 1 aromatic rings. The molecule has 0 aliphatic carbocycles. The van der Waals surface area contributed by atoms with E-state index in [4.69, 9.17) is 0 Å². The number of nitrogens with zero attached hydrogens (tertiary/aromatic N) is 1. The number of rotatable bonds is 2. The molecule has 0 N–H and O–H groups in total. The van der Waals surface area contributed by atoms with Crippen LogP contribution in [0.3, 0.4) is 0 Å². The number of aryl methyl sites for hydroxylation is 1. The van der Waals surface area contributed by atoms with E-state index >= 15 is 0 Å². The third-order valence-corrected chi connectivity index (χ3v) is 2.76. The minimum atomic E-state index is -0.155. The largest absolute Gasteiger partial charge is 0.274 e. The molecule has 0 radical (unpaired) electrons. The van der Waals surface area contributed by atoms with Crippen molar-refractivity contribution in [3.05, 3.63) is 34.9 Å². The van der Waals surface area contributed by atoms with Gasteiger partial charge in [-0.15, -0.1) is 0 Å². The third-order valence-electron chi connectivity index (χ3n) is 2.76. The Morgan fingerprint density at radius 1 is 1.19 bits per heavy atom. The summed E-state index contributed by atoms with van der Waals surface area (Å²) >= 11 is 0. The van der Waals surface area contributed by atoms with Gasteiger partial charge < -0.3 is 0 Å². The molecule has 0 spiro atoms. The van der Waals surface area contributed by atoms with E-state index in [1.165, 1.54) is 4.90 Å². The molecule has 0 unspecified atom stereocenters. The summed E-state index contributed by atoms with van der Waals surface area (Å²) in [6.07, 6.45) is 0. The molecule has 0 saturated heterocycles. The molecular weight excluding hydrogens is 202 g/mol. The Bertz CT molecular complexity index is 463. The highest BCUT2D eigenvalue weighted by Crippen LogP contribution is 2.26. The van der Waals surface area contributed by atoms with Crippen LogP contribution in [0.2, 0.25) is 0 Å². The number of fused-ring (bicyclic) bond motifs is 1. The SMILES string of the molecule is Cc1cccc2c1C(=O)N(CC(C)C)C2=O. The van der Waals surface area contributed by atoms with E-state index in [1.54, 1.807) is 6.07 Å². The van der Waals surface area contributed by atoms with E-state index in [9.17, 15) is 9.59 Å². The predicted octanol–water partition coefficient (Wildman–Crippen LogP) is 2.25. The molecule has 2 amide bonds. The number of carbonyl (C=O) groups is 2. The molecule has 1 aliphatic rings. The molecule has 84 valence electrons. The smallest absolute Gasteiger partial charge is 0.261 e. The average molecular weight is 217 g/mol. The second kappa shape index (κ2) is 3.74. The number of hydrogen-bond donors (Lipinski definition) is 0. The summed E-state index contributed by atoms with van der Waals surface area (Å²) in [7, 11) is 0. The number of carbonyl (C=O) groups excluding carboxylic acids is 2. The second-order valence-electron chi connectivity index (χ2n) is 4.61. The summed E-state index contributed by atoms with van der Waals surface area (Å²) in [5.41, 5.74) is 2.00. The Labute approximate surface area is 95.1 Å². The molecule has 2 rings (SSSR count). The number of benzene rings is 1. The standard InChI is InChI=1S/C13H15NO2/c1-8(2)7-14-12(15)10-6-4-5-9(3)11(10)13(14)16/h4-6,8H,7H2,1-3H3. The highest BCUT2D eigenvalue weighted by Gasteiger charge is 2.36. The van der Waals surface area contributed by atoms with E-state index in [-0.39, 0.29) is 11.8 Å². The Morgan fingerprint density at radius 3 is 2.44 bits per heavy atom. The fourth-order valence-corrected chi connectivity index (χ4v) is 2.03. The van der Waals surface area contributed by atoms with Crippen LogP contribution in [0, 0.1) is 12.8 Å². The van der Waals surface area contributed by atoms with Crippen molar-refractivity contribution < 1.29 is 9.59 Å². The first-order valence-corrected chi connectivity index (χ1v) is 5.48. The Hall–Kier alpha value is -1.64.